The lowest BCUT2D eigenvalue weighted by molar-refractivity contribution is -0.298. The minimum atomic E-state index is -1.69. The molecule has 84 valence electrons. The van der Waals surface area contributed by atoms with Crippen molar-refractivity contribution in [2.75, 3.05) is 6.61 Å². The Morgan fingerprint density at radius 1 is 1.00 bits per heavy atom. The van der Waals surface area contributed by atoms with Gasteiger partial charge in [0.15, 0.2) is 6.29 Å². The van der Waals surface area contributed by atoms with Gasteiger partial charge < -0.3 is 35.4 Å². The summed E-state index contributed by atoms with van der Waals surface area (Å²) < 4.78 is 4.62. The standard InChI is InChI=1S/C7H14O7/c8-1-2(9)6-4(11)3(10)5(12)7(13)14-6/h2-13H,1H2/t2-,3+,4-,5-,6+,7-/m1/s1. The molecule has 1 heterocycles. The van der Waals surface area contributed by atoms with Crippen molar-refractivity contribution < 1.29 is 35.4 Å². The van der Waals surface area contributed by atoms with Crippen molar-refractivity contribution in [1.29, 1.82) is 0 Å². The normalized spacial score (nSPS) is 46.3. The first-order valence-electron chi connectivity index (χ1n) is 4.15. The first-order chi connectivity index (χ1) is 6.49. The van der Waals surface area contributed by atoms with Gasteiger partial charge >= 0.3 is 0 Å². The second-order valence-corrected chi connectivity index (χ2v) is 3.21. The van der Waals surface area contributed by atoms with Crippen LogP contribution in [0.2, 0.25) is 0 Å². The maximum absolute atomic E-state index is 9.31. The first kappa shape index (κ1) is 11.8. The summed E-state index contributed by atoms with van der Waals surface area (Å²) in [5.41, 5.74) is 0. The average molecular weight is 210 g/mol. The minimum Gasteiger partial charge on any atom is -0.394 e. The summed E-state index contributed by atoms with van der Waals surface area (Å²) in [5.74, 6) is 0. The van der Waals surface area contributed by atoms with E-state index < -0.39 is 43.4 Å². The predicted octanol–water partition coefficient (Wildman–Crippen LogP) is -3.86. The van der Waals surface area contributed by atoms with Gasteiger partial charge in [0, 0.05) is 0 Å². The Labute approximate surface area is 79.8 Å². The molecule has 1 fully saturated rings. The molecule has 1 aliphatic rings. The highest BCUT2D eigenvalue weighted by Crippen LogP contribution is 2.21. The van der Waals surface area contributed by atoms with Crippen LogP contribution < -0.4 is 0 Å². The molecule has 0 aromatic carbocycles. The molecule has 1 saturated heterocycles. The number of aliphatic hydroxyl groups excluding tert-OH is 6. The molecule has 0 saturated carbocycles. The monoisotopic (exact) mass is 210 g/mol. The Bertz CT molecular complexity index is 187. The Hall–Kier alpha value is -0.280. The van der Waals surface area contributed by atoms with Crippen molar-refractivity contribution in [1.82, 2.24) is 0 Å². The van der Waals surface area contributed by atoms with E-state index in [2.05, 4.69) is 4.74 Å². The molecule has 0 aromatic rings. The van der Waals surface area contributed by atoms with Crippen LogP contribution in [0.4, 0.5) is 0 Å². The van der Waals surface area contributed by atoms with Gasteiger partial charge in [-0.1, -0.05) is 0 Å². The van der Waals surface area contributed by atoms with Crippen LogP contribution >= 0.6 is 0 Å². The van der Waals surface area contributed by atoms with E-state index in [4.69, 9.17) is 20.4 Å². The van der Waals surface area contributed by atoms with Crippen LogP contribution in [-0.4, -0.2) is 74.1 Å². The van der Waals surface area contributed by atoms with E-state index in [1.165, 1.54) is 0 Å². The average Bonchev–Trinajstić information content (AvgIpc) is 2.19. The van der Waals surface area contributed by atoms with E-state index in [0.29, 0.717) is 0 Å². The number of aliphatic hydroxyl groups is 6. The van der Waals surface area contributed by atoms with Gasteiger partial charge in [-0.05, 0) is 0 Å². The molecule has 0 radical (unpaired) electrons. The minimum absolute atomic E-state index is 0.683. The number of rotatable bonds is 2. The Morgan fingerprint density at radius 2 is 1.57 bits per heavy atom. The predicted molar refractivity (Wildman–Crippen MR) is 42.0 cm³/mol. The summed E-state index contributed by atoms with van der Waals surface area (Å²) in [7, 11) is 0. The zero-order valence-electron chi connectivity index (χ0n) is 7.26. The summed E-state index contributed by atoms with van der Waals surface area (Å²) in [5, 5.41) is 54.3. The molecule has 7 heteroatoms. The van der Waals surface area contributed by atoms with Crippen LogP contribution in [0.15, 0.2) is 0 Å². The number of ether oxygens (including phenoxy) is 1. The maximum Gasteiger partial charge on any atom is 0.184 e. The van der Waals surface area contributed by atoms with Gasteiger partial charge in [-0.2, -0.15) is 0 Å². The van der Waals surface area contributed by atoms with Crippen LogP contribution in [0.1, 0.15) is 0 Å². The fourth-order valence-electron chi connectivity index (χ4n) is 1.31. The molecule has 14 heavy (non-hydrogen) atoms. The summed E-state index contributed by atoms with van der Waals surface area (Å²) in [6, 6.07) is 0. The smallest absolute Gasteiger partial charge is 0.184 e. The number of hydrogen-bond acceptors (Lipinski definition) is 7. The van der Waals surface area contributed by atoms with Gasteiger partial charge in [-0.25, -0.2) is 0 Å². The third-order valence-electron chi connectivity index (χ3n) is 2.19. The lowest BCUT2D eigenvalue weighted by atomic mass is 9.96. The largest absolute Gasteiger partial charge is 0.394 e. The summed E-state index contributed by atoms with van der Waals surface area (Å²) in [6.07, 6.45) is -9.26. The van der Waals surface area contributed by atoms with Gasteiger partial charge in [-0.15, -0.1) is 0 Å². The molecule has 0 amide bonds. The molecule has 6 N–H and O–H groups in total. The van der Waals surface area contributed by atoms with Crippen molar-refractivity contribution in [2.45, 2.75) is 36.8 Å². The maximum atomic E-state index is 9.31. The van der Waals surface area contributed by atoms with Crippen molar-refractivity contribution >= 4 is 0 Å². The third kappa shape index (κ3) is 2.04. The molecule has 0 aliphatic carbocycles. The second-order valence-electron chi connectivity index (χ2n) is 3.21. The van der Waals surface area contributed by atoms with Crippen LogP contribution in [-0.2, 0) is 4.74 Å². The van der Waals surface area contributed by atoms with Crippen LogP contribution in [0.25, 0.3) is 0 Å². The van der Waals surface area contributed by atoms with Crippen LogP contribution in [0, 0.1) is 0 Å². The third-order valence-corrected chi connectivity index (χ3v) is 2.19. The SMILES string of the molecule is OC[C@@H](O)[C@@H]1O[C@@H](O)[C@H](O)[C@@H](O)[C@H]1O. The molecule has 1 rings (SSSR count). The van der Waals surface area contributed by atoms with Gasteiger partial charge in [-0.3, -0.25) is 0 Å². The highest BCUT2D eigenvalue weighted by Gasteiger charge is 2.45. The molecule has 0 aromatic heterocycles. The highest BCUT2D eigenvalue weighted by atomic mass is 16.6. The van der Waals surface area contributed by atoms with Gasteiger partial charge in [0.2, 0.25) is 0 Å². The molecule has 7 nitrogen and oxygen atoms in total. The summed E-state index contributed by atoms with van der Waals surface area (Å²) >= 11 is 0. The van der Waals surface area contributed by atoms with E-state index in [1.54, 1.807) is 0 Å². The fourth-order valence-corrected chi connectivity index (χ4v) is 1.31. The number of hydrogen-bond donors (Lipinski definition) is 6. The van der Waals surface area contributed by atoms with Crippen LogP contribution in [0.5, 0.6) is 0 Å². The highest BCUT2D eigenvalue weighted by molar-refractivity contribution is 4.91. The lowest BCUT2D eigenvalue weighted by Crippen LogP contribution is -2.61. The van der Waals surface area contributed by atoms with Crippen LogP contribution in [0.3, 0.4) is 0 Å². The summed E-state index contributed by atoms with van der Waals surface area (Å²) in [6.45, 7) is -0.683. The van der Waals surface area contributed by atoms with E-state index >= 15 is 0 Å². The molecule has 0 unspecified atom stereocenters. The topological polar surface area (TPSA) is 131 Å². The van der Waals surface area contributed by atoms with Crippen molar-refractivity contribution in [2.24, 2.45) is 0 Å². The Kier molecular flexibility index (Phi) is 3.78. The van der Waals surface area contributed by atoms with Crippen molar-refractivity contribution in [3.8, 4) is 0 Å². The zero-order valence-corrected chi connectivity index (χ0v) is 7.26. The van der Waals surface area contributed by atoms with E-state index in [0.717, 1.165) is 0 Å². The van der Waals surface area contributed by atoms with Gasteiger partial charge in [0.05, 0.1) is 6.61 Å². The molecule has 0 spiro atoms. The quantitative estimate of drug-likeness (QED) is 0.275. The Morgan fingerprint density at radius 3 is 2.07 bits per heavy atom. The molecule has 1 aliphatic heterocycles. The lowest BCUT2D eigenvalue weighted by Gasteiger charge is -2.39. The van der Waals surface area contributed by atoms with Gasteiger partial charge in [0.25, 0.3) is 0 Å². The summed E-state index contributed by atoms with van der Waals surface area (Å²) in [4.78, 5) is 0. The fraction of sp³-hybridized carbons (Fsp3) is 1.00. The van der Waals surface area contributed by atoms with E-state index in [1.807, 2.05) is 0 Å². The second kappa shape index (κ2) is 4.49. The van der Waals surface area contributed by atoms with Crippen molar-refractivity contribution in [3.63, 3.8) is 0 Å². The molecule has 6 atom stereocenters. The molecular weight excluding hydrogens is 196 g/mol. The zero-order chi connectivity index (χ0) is 10.9. The first-order valence-corrected chi connectivity index (χ1v) is 4.15. The molecule has 0 bridgehead atoms. The Balaban J connectivity index is 2.70. The molecular formula is C7H14O7. The van der Waals surface area contributed by atoms with E-state index in [9.17, 15) is 10.2 Å². The van der Waals surface area contributed by atoms with Gasteiger partial charge in [0.1, 0.15) is 30.5 Å². The van der Waals surface area contributed by atoms with E-state index in [-0.39, 0.29) is 0 Å². The van der Waals surface area contributed by atoms with Crippen molar-refractivity contribution in [3.05, 3.63) is 0 Å².